The van der Waals surface area contributed by atoms with Gasteiger partial charge < -0.3 is 11.5 Å². The van der Waals surface area contributed by atoms with Crippen LogP contribution in [0.5, 0.6) is 0 Å². The predicted octanol–water partition coefficient (Wildman–Crippen LogP) is 3.32. The molecular weight excluding hydrogens is 220 g/mol. The molecule has 3 rings (SSSR count). The molecule has 2 aromatic carbocycles. The molecule has 92 valence electrons. The van der Waals surface area contributed by atoms with E-state index >= 15 is 0 Å². The first kappa shape index (κ1) is 11.1. The molecule has 0 aliphatic heterocycles. The molecule has 0 spiro atoms. The molecule has 1 aliphatic rings. The largest absolute Gasteiger partial charge is 0.399 e. The highest BCUT2D eigenvalue weighted by Gasteiger charge is 2.21. The van der Waals surface area contributed by atoms with Crippen LogP contribution >= 0.6 is 0 Å². The normalized spacial score (nSPS) is 18.3. The molecule has 0 heterocycles. The number of rotatable bonds is 1. The number of hydrogen-bond donors (Lipinski definition) is 2. The monoisotopic (exact) mass is 238 g/mol. The quantitative estimate of drug-likeness (QED) is 0.749. The minimum Gasteiger partial charge on any atom is -0.399 e. The Bertz CT molecular complexity index is 558. The average molecular weight is 238 g/mol. The van der Waals surface area contributed by atoms with Gasteiger partial charge in [0.15, 0.2) is 0 Å². The Hall–Kier alpha value is -1.96. The minimum absolute atomic E-state index is 0.470. The summed E-state index contributed by atoms with van der Waals surface area (Å²) in [5.41, 5.74) is 17.5. The van der Waals surface area contributed by atoms with E-state index in [1.54, 1.807) is 0 Å². The lowest BCUT2D eigenvalue weighted by Gasteiger charge is -2.26. The number of benzene rings is 2. The van der Waals surface area contributed by atoms with E-state index in [9.17, 15) is 0 Å². The van der Waals surface area contributed by atoms with Crippen LogP contribution < -0.4 is 11.5 Å². The summed E-state index contributed by atoms with van der Waals surface area (Å²) in [4.78, 5) is 0. The lowest BCUT2D eigenvalue weighted by Crippen LogP contribution is -2.11. The highest BCUT2D eigenvalue weighted by Crippen LogP contribution is 2.37. The number of aryl methyl sites for hydroxylation is 1. The van der Waals surface area contributed by atoms with Crippen LogP contribution in [0, 0.1) is 0 Å². The van der Waals surface area contributed by atoms with Crippen molar-refractivity contribution in [3.8, 4) is 0 Å². The third-order valence-electron chi connectivity index (χ3n) is 3.82. The van der Waals surface area contributed by atoms with Crippen LogP contribution in [-0.4, -0.2) is 0 Å². The molecule has 2 heteroatoms. The van der Waals surface area contributed by atoms with Gasteiger partial charge in [0.2, 0.25) is 0 Å². The number of fused-ring (bicyclic) bond motifs is 1. The molecule has 0 saturated heterocycles. The van der Waals surface area contributed by atoms with E-state index < -0.39 is 0 Å². The van der Waals surface area contributed by atoms with Gasteiger partial charge in [0.1, 0.15) is 0 Å². The molecule has 1 aliphatic carbocycles. The topological polar surface area (TPSA) is 52.0 Å². The van der Waals surface area contributed by atoms with Crippen LogP contribution in [0.3, 0.4) is 0 Å². The molecule has 2 aromatic rings. The van der Waals surface area contributed by atoms with Crippen molar-refractivity contribution >= 4 is 11.4 Å². The van der Waals surface area contributed by atoms with Gasteiger partial charge in [-0.25, -0.2) is 0 Å². The molecule has 2 nitrogen and oxygen atoms in total. The summed E-state index contributed by atoms with van der Waals surface area (Å²) in [6.07, 6.45) is 3.60. The predicted molar refractivity (Wildman–Crippen MR) is 76.5 cm³/mol. The molecule has 0 radical (unpaired) electrons. The Balaban J connectivity index is 2.05. The van der Waals surface area contributed by atoms with Gasteiger partial charge in [-0.05, 0) is 60.2 Å². The zero-order valence-electron chi connectivity index (χ0n) is 10.4. The lowest BCUT2D eigenvalue weighted by molar-refractivity contribution is 0.616. The van der Waals surface area contributed by atoms with E-state index in [4.69, 9.17) is 11.5 Å². The second kappa shape index (κ2) is 4.37. The molecule has 4 N–H and O–H groups in total. The Kier molecular flexibility index (Phi) is 2.71. The van der Waals surface area contributed by atoms with Crippen LogP contribution in [0.15, 0.2) is 42.5 Å². The molecule has 1 unspecified atom stereocenters. The van der Waals surface area contributed by atoms with E-state index in [2.05, 4.69) is 24.3 Å². The number of nitrogens with two attached hydrogens (primary N) is 2. The highest BCUT2D eigenvalue weighted by molar-refractivity contribution is 5.51. The third-order valence-corrected chi connectivity index (χ3v) is 3.82. The van der Waals surface area contributed by atoms with Gasteiger partial charge in [-0.15, -0.1) is 0 Å². The van der Waals surface area contributed by atoms with E-state index in [0.29, 0.717) is 5.92 Å². The van der Waals surface area contributed by atoms with Crippen molar-refractivity contribution in [3.63, 3.8) is 0 Å². The van der Waals surface area contributed by atoms with Crippen molar-refractivity contribution in [2.45, 2.75) is 25.2 Å². The molecule has 0 saturated carbocycles. The summed E-state index contributed by atoms with van der Waals surface area (Å²) in [5.74, 6) is 0.470. The third kappa shape index (κ3) is 1.94. The minimum atomic E-state index is 0.470. The Labute approximate surface area is 108 Å². The number of nitrogen functional groups attached to an aromatic ring is 2. The van der Waals surface area contributed by atoms with E-state index in [0.717, 1.165) is 11.4 Å². The summed E-state index contributed by atoms with van der Waals surface area (Å²) < 4.78 is 0. The van der Waals surface area contributed by atoms with Gasteiger partial charge in [0, 0.05) is 17.3 Å². The van der Waals surface area contributed by atoms with Crippen molar-refractivity contribution in [2.24, 2.45) is 0 Å². The molecule has 0 fully saturated rings. The van der Waals surface area contributed by atoms with Crippen LogP contribution in [0.4, 0.5) is 11.4 Å². The van der Waals surface area contributed by atoms with Gasteiger partial charge in [-0.3, -0.25) is 0 Å². The van der Waals surface area contributed by atoms with Gasteiger partial charge in [0.05, 0.1) is 0 Å². The molecule has 0 amide bonds. The summed E-state index contributed by atoms with van der Waals surface area (Å²) in [5, 5.41) is 0. The zero-order valence-corrected chi connectivity index (χ0v) is 10.4. The van der Waals surface area contributed by atoms with Gasteiger partial charge in [-0.2, -0.15) is 0 Å². The first-order valence-corrected chi connectivity index (χ1v) is 6.48. The van der Waals surface area contributed by atoms with Crippen LogP contribution in [0.1, 0.15) is 35.4 Å². The maximum absolute atomic E-state index is 5.93. The standard InChI is InChI=1S/C16H18N2/c17-13-7-4-12(5-8-13)15-3-1-2-11-6-9-14(18)10-16(11)15/h4-10,15H,1-3,17-18H2. The van der Waals surface area contributed by atoms with Crippen molar-refractivity contribution in [1.82, 2.24) is 0 Å². The van der Waals surface area contributed by atoms with Crippen LogP contribution in [0.2, 0.25) is 0 Å². The second-order valence-corrected chi connectivity index (χ2v) is 5.07. The smallest absolute Gasteiger partial charge is 0.0317 e. The van der Waals surface area contributed by atoms with Crippen LogP contribution in [-0.2, 0) is 6.42 Å². The van der Waals surface area contributed by atoms with Gasteiger partial charge >= 0.3 is 0 Å². The fourth-order valence-electron chi connectivity index (χ4n) is 2.89. The van der Waals surface area contributed by atoms with E-state index in [1.165, 1.54) is 36.0 Å². The zero-order chi connectivity index (χ0) is 12.5. The van der Waals surface area contributed by atoms with E-state index in [1.807, 2.05) is 18.2 Å². The maximum atomic E-state index is 5.93. The van der Waals surface area contributed by atoms with Crippen molar-refractivity contribution < 1.29 is 0 Å². The lowest BCUT2D eigenvalue weighted by atomic mass is 9.79. The van der Waals surface area contributed by atoms with E-state index in [-0.39, 0.29) is 0 Å². The van der Waals surface area contributed by atoms with Crippen molar-refractivity contribution in [2.75, 3.05) is 11.5 Å². The van der Waals surface area contributed by atoms with Gasteiger partial charge in [0.25, 0.3) is 0 Å². The summed E-state index contributed by atoms with van der Waals surface area (Å²) >= 11 is 0. The average Bonchev–Trinajstić information content (AvgIpc) is 2.39. The summed E-state index contributed by atoms with van der Waals surface area (Å²) in [6, 6.07) is 14.6. The Morgan fingerprint density at radius 1 is 0.889 bits per heavy atom. The number of hydrogen-bond acceptors (Lipinski definition) is 2. The maximum Gasteiger partial charge on any atom is 0.0317 e. The number of anilines is 2. The Morgan fingerprint density at radius 3 is 2.39 bits per heavy atom. The molecular formula is C16H18N2. The summed E-state index contributed by atoms with van der Waals surface area (Å²) in [6.45, 7) is 0. The molecule has 0 bridgehead atoms. The fourth-order valence-corrected chi connectivity index (χ4v) is 2.89. The van der Waals surface area contributed by atoms with Crippen LogP contribution in [0.25, 0.3) is 0 Å². The highest BCUT2D eigenvalue weighted by atomic mass is 14.5. The molecule has 1 atom stereocenters. The van der Waals surface area contributed by atoms with Crippen molar-refractivity contribution in [1.29, 1.82) is 0 Å². The van der Waals surface area contributed by atoms with Gasteiger partial charge in [-0.1, -0.05) is 18.2 Å². The molecule has 18 heavy (non-hydrogen) atoms. The fraction of sp³-hybridized carbons (Fsp3) is 0.250. The van der Waals surface area contributed by atoms with Crippen molar-refractivity contribution in [3.05, 3.63) is 59.2 Å². The first-order chi connectivity index (χ1) is 8.74. The first-order valence-electron chi connectivity index (χ1n) is 6.48. The Morgan fingerprint density at radius 2 is 1.61 bits per heavy atom. The molecule has 0 aromatic heterocycles. The second-order valence-electron chi connectivity index (χ2n) is 5.07. The SMILES string of the molecule is Nc1ccc(C2CCCc3ccc(N)cc32)cc1. The summed E-state index contributed by atoms with van der Waals surface area (Å²) in [7, 11) is 0.